The molecule has 0 saturated heterocycles. The second-order valence-corrected chi connectivity index (χ2v) is 4.83. The molecule has 0 N–H and O–H groups in total. The molecule has 112 valence electrons. The maximum atomic E-state index is 11.7. The topological polar surface area (TPSA) is 88.5 Å². The van der Waals surface area contributed by atoms with E-state index in [-0.39, 0.29) is 10.8 Å². The molecule has 0 unspecified atom stereocenters. The molecule has 0 saturated carbocycles. The molecule has 21 heavy (non-hydrogen) atoms. The first-order valence-electron chi connectivity index (χ1n) is 6.17. The summed E-state index contributed by atoms with van der Waals surface area (Å²) in [6.07, 6.45) is 0. The summed E-state index contributed by atoms with van der Waals surface area (Å²) < 4.78 is 15.9. The normalized spacial score (nSPS) is 10.4. The molecule has 2 rings (SSSR count). The van der Waals surface area contributed by atoms with E-state index < -0.39 is 11.9 Å². The average molecular weight is 310 g/mol. The third-order valence-electron chi connectivity index (χ3n) is 2.52. The highest BCUT2D eigenvalue weighted by molar-refractivity contribution is 7.99. The molecule has 0 bridgehead atoms. The van der Waals surface area contributed by atoms with Crippen molar-refractivity contribution >= 4 is 17.7 Å². The molecule has 7 nitrogen and oxygen atoms in total. The number of aromatic nitrogens is 2. The van der Waals surface area contributed by atoms with Crippen LogP contribution in [0.2, 0.25) is 0 Å². The summed E-state index contributed by atoms with van der Waals surface area (Å²) in [6, 6.07) is 6.94. The predicted molar refractivity (Wildman–Crippen MR) is 71.4 cm³/mol. The number of hydrogen-bond acceptors (Lipinski definition) is 7. The molecule has 0 aliphatic heterocycles. The number of carbonyl (C=O) groups excluding carboxylic acids is 1. The Balaban J connectivity index is 2.18. The van der Waals surface area contributed by atoms with Gasteiger partial charge in [0.25, 0.3) is 5.03 Å². The van der Waals surface area contributed by atoms with Crippen LogP contribution >= 0.6 is 11.8 Å². The van der Waals surface area contributed by atoms with Crippen LogP contribution < -0.4 is 14.5 Å². The van der Waals surface area contributed by atoms with E-state index in [9.17, 15) is 9.90 Å². The van der Waals surface area contributed by atoms with E-state index in [1.165, 1.54) is 4.68 Å². The fourth-order valence-electron chi connectivity index (χ4n) is 1.58. The molecule has 0 radical (unpaired) electrons. The summed E-state index contributed by atoms with van der Waals surface area (Å²) in [4.78, 5) is 11.4. The summed E-state index contributed by atoms with van der Waals surface area (Å²) in [6.45, 7) is 2.02. The van der Waals surface area contributed by atoms with Gasteiger partial charge in [0.2, 0.25) is 5.69 Å². The summed E-state index contributed by atoms with van der Waals surface area (Å²) in [5, 5.41) is 15.6. The van der Waals surface area contributed by atoms with Gasteiger partial charge >= 0.3 is 5.97 Å². The Morgan fingerprint density at radius 1 is 1.43 bits per heavy atom. The monoisotopic (exact) mass is 310 g/mol. The Kier molecular flexibility index (Phi) is 5.04. The molecular weight excluding hydrogens is 296 g/mol. The largest absolute Gasteiger partial charge is 0.538 e. The standard InChI is InChI=1S/C13H14N2O5S/c1-3-19-11(16)8-21-12-13(17)20-14-15(12)9-4-6-10(18-2)7-5-9/h4-7H,3,8H2,1-2H3. The molecule has 1 aromatic heterocycles. The Morgan fingerprint density at radius 2 is 2.14 bits per heavy atom. The van der Waals surface area contributed by atoms with Gasteiger partial charge < -0.3 is 19.1 Å². The van der Waals surface area contributed by atoms with Gasteiger partial charge in [0, 0.05) is 12.1 Å². The van der Waals surface area contributed by atoms with E-state index in [1.807, 2.05) is 0 Å². The zero-order valence-corrected chi connectivity index (χ0v) is 12.4. The minimum Gasteiger partial charge on any atom is -0.538 e. The molecular formula is C13H14N2O5S. The SMILES string of the molecule is CCOC(=O)CSc1c([O-])on[n+]1-c1ccc(OC)cc1. The van der Waals surface area contributed by atoms with Crippen molar-refractivity contribution in [3.05, 3.63) is 24.3 Å². The van der Waals surface area contributed by atoms with Crippen molar-refractivity contribution in [1.82, 2.24) is 5.27 Å². The van der Waals surface area contributed by atoms with Gasteiger partial charge in [-0.1, -0.05) is 0 Å². The lowest BCUT2D eigenvalue weighted by Gasteiger charge is -2.00. The molecule has 0 fully saturated rings. The Labute approximate surface area is 125 Å². The first kappa shape index (κ1) is 15.2. The van der Waals surface area contributed by atoms with Crippen molar-refractivity contribution < 1.29 is 28.6 Å². The van der Waals surface area contributed by atoms with Crippen LogP contribution in [-0.2, 0) is 9.53 Å². The first-order chi connectivity index (χ1) is 10.2. The van der Waals surface area contributed by atoms with Crippen molar-refractivity contribution in [1.29, 1.82) is 0 Å². The fraction of sp³-hybridized carbons (Fsp3) is 0.308. The lowest BCUT2D eigenvalue weighted by atomic mass is 10.3. The summed E-state index contributed by atoms with van der Waals surface area (Å²) in [7, 11) is 1.56. The highest BCUT2D eigenvalue weighted by Gasteiger charge is 2.22. The van der Waals surface area contributed by atoms with Crippen molar-refractivity contribution in [3.8, 4) is 17.4 Å². The Bertz CT molecular complexity index is 612. The zero-order valence-electron chi connectivity index (χ0n) is 11.6. The number of nitrogens with zero attached hydrogens (tertiary/aromatic N) is 2. The number of esters is 1. The van der Waals surface area contributed by atoms with Crippen LogP contribution in [0.25, 0.3) is 5.69 Å². The molecule has 0 aliphatic carbocycles. The molecule has 1 heterocycles. The van der Waals surface area contributed by atoms with Gasteiger partial charge in [-0.05, 0) is 35.5 Å². The number of benzene rings is 1. The van der Waals surface area contributed by atoms with Gasteiger partial charge in [-0.25, -0.2) is 0 Å². The third-order valence-corrected chi connectivity index (χ3v) is 3.51. The zero-order chi connectivity index (χ0) is 15.2. The summed E-state index contributed by atoms with van der Waals surface area (Å²) in [5.74, 6) is -0.295. The molecule has 0 amide bonds. The van der Waals surface area contributed by atoms with E-state index >= 15 is 0 Å². The molecule has 0 spiro atoms. The fourth-order valence-corrected chi connectivity index (χ4v) is 2.33. The van der Waals surface area contributed by atoms with Gasteiger partial charge in [0.1, 0.15) is 11.5 Å². The smallest absolute Gasteiger partial charge is 0.316 e. The maximum Gasteiger partial charge on any atom is 0.316 e. The van der Waals surface area contributed by atoms with E-state index in [1.54, 1.807) is 38.3 Å². The van der Waals surface area contributed by atoms with Crippen molar-refractivity contribution in [2.75, 3.05) is 19.5 Å². The molecule has 8 heteroatoms. The number of methoxy groups -OCH3 is 1. The van der Waals surface area contributed by atoms with Gasteiger partial charge in [0.15, 0.2) is 5.95 Å². The highest BCUT2D eigenvalue weighted by atomic mass is 32.2. The van der Waals surface area contributed by atoms with Crippen LogP contribution in [0.3, 0.4) is 0 Å². The summed E-state index contributed by atoms with van der Waals surface area (Å²) >= 11 is 1.02. The lowest BCUT2D eigenvalue weighted by molar-refractivity contribution is -0.705. The van der Waals surface area contributed by atoms with Crippen LogP contribution in [0.15, 0.2) is 33.8 Å². The van der Waals surface area contributed by atoms with Crippen LogP contribution in [0.1, 0.15) is 6.92 Å². The van der Waals surface area contributed by atoms with Crippen LogP contribution in [-0.4, -0.2) is 30.7 Å². The predicted octanol–water partition coefficient (Wildman–Crippen LogP) is 0.689. The van der Waals surface area contributed by atoms with E-state index in [0.717, 1.165) is 11.8 Å². The average Bonchev–Trinajstić information content (AvgIpc) is 2.86. The highest BCUT2D eigenvalue weighted by Crippen LogP contribution is 2.23. The Morgan fingerprint density at radius 3 is 2.76 bits per heavy atom. The number of rotatable bonds is 6. The number of carbonyl (C=O) groups is 1. The Hall–Kier alpha value is -2.22. The second kappa shape index (κ2) is 6.98. The van der Waals surface area contributed by atoms with Gasteiger partial charge in [-0.3, -0.25) is 4.79 Å². The van der Waals surface area contributed by atoms with E-state index in [0.29, 0.717) is 18.0 Å². The van der Waals surface area contributed by atoms with Gasteiger partial charge in [-0.2, -0.15) is 0 Å². The van der Waals surface area contributed by atoms with Crippen LogP contribution in [0.4, 0.5) is 0 Å². The maximum absolute atomic E-state index is 11.7. The number of hydrogen-bond donors (Lipinski definition) is 0. The van der Waals surface area contributed by atoms with Crippen LogP contribution in [0.5, 0.6) is 11.7 Å². The third kappa shape index (κ3) is 3.66. The molecule has 2 aromatic rings. The minimum atomic E-state index is -0.597. The number of thioether (sulfide) groups is 1. The molecule has 1 aromatic carbocycles. The van der Waals surface area contributed by atoms with Crippen molar-refractivity contribution in [2.24, 2.45) is 0 Å². The first-order valence-corrected chi connectivity index (χ1v) is 7.16. The van der Waals surface area contributed by atoms with E-state index in [2.05, 4.69) is 9.79 Å². The van der Waals surface area contributed by atoms with Gasteiger partial charge in [-0.15, -0.1) is 0 Å². The van der Waals surface area contributed by atoms with Crippen LogP contribution in [0, 0.1) is 0 Å². The molecule has 0 atom stereocenters. The van der Waals surface area contributed by atoms with E-state index in [4.69, 9.17) is 9.47 Å². The second-order valence-electron chi connectivity index (χ2n) is 3.87. The quantitative estimate of drug-likeness (QED) is 0.440. The van der Waals surface area contributed by atoms with Crippen molar-refractivity contribution in [2.45, 2.75) is 11.9 Å². The minimum absolute atomic E-state index is 0.0143. The lowest BCUT2D eigenvalue weighted by Crippen LogP contribution is -2.34. The molecule has 0 aliphatic rings. The number of ether oxygens (including phenoxy) is 2. The summed E-state index contributed by atoms with van der Waals surface area (Å²) in [5.41, 5.74) is 0.632. The van der Waals surface area contributed by atoms with Gasteiger partial charge in [0.05, 0.1) is 19.0 Å². The van der Waals surface area contributed by atoms with Crippen molar-refractivity contribution in [3.63, 3.8) is 0 Å².